The highest BCUT2D eigenvalue weighted by molar-refractivity contribution is 4.59. The molecule has 1 unspecified atom stereocenters. The Morgan fingerprint density at radius 1 is 0.429 bits per heavy atom. The van der Waals surface area contributed by atoms with E-state index in [-0.39, 0.29) is 23.1 Å². The number of nitrogens with two attached hydrogens (primary N) is 1. The number of hydrogen-bond donors (Lipinski definition) is 1. The first-order chi connectivity index (χ1) is 23.6. The minimum Gasteiger partial charge on any atom is -1.00 e. The number of likely N-dealkylation sites (N-methyl/N-ethyl adjacent to an activating group) is 1. The Morgan fingerprint density at radius 3 is 1.06 bits per heavy atom. The third-order valence-corrected chi connectivity index (χ3v) is 10.5. The van der Waals surface area contributed by atoms with Crippen LogP contribution in [0.25, 0.3) is 0 Å². The number of rotatable bonds is 42. The minimum absolute atomic E-state index is 0. The zero-order chi connectivity index (χ0) is 35.1. The lowest BCUT2D eigenvalue weighted by molar-refractivity contribution is -0.893. The van der Waals surface area contributed by atoms with Gasteiger partial charge in [0.15, 0.2) is 0 Å². The van der Waals surface area contributed by atoms with Gasteiger partial charge in [-0.3, -0.25) is 0 Å². The van der Waals surface area contributed by atoms with Crippen LogP contribution in [0.1, 0.15) is 226 Å². The lowest BCUT2D eigenvalue weighted by atomic mass is 10.0. The van der Waals surface area contributed by atoms with E-state index in [9.17, 15) is 0 Å². The van der Waals surface area contributed by atoms with Crippen LogP contribution in [0, 0.1) is 0 Å². The zero-order valence-electron chi connectivity index (χ0n) is 34.4. The fraction of sp³-hybridized carbons (Fsp3) is 1.00. The van der Waals surface area contributed by atoms with E-state index < -0.39 is 0 Å². The first-order valence-electron chi connectivity index (χ1n) is 22.3. The minimum atomic E-state index is 0. The second-order valence-corrected chi connectivity index (χ2v) is 16.2. The fourth-order valence-corrected chi connectivity index (χ4v) is 7.18. The standard InChI is InChI=1S/C44H93N2O2.BrH/c1-5-7-9-11-13-15-17-19-21-23-25-27-29-31-33-35-40-47-43-44(42-46(3,4)39-37-38-45)48-41-36-34-32-30-28-26-24-22-20-18-16-14-12-10-8-6-2;/h44H,5-43,45H2,1-4H3;1H/q+1;/p-1. The van der Waals surface area contributed by atoms with Crippen molar-refractivity contribution >= 4 is 0 Å². The summed E-state index contributed by atoms with van der Waals surface area (Å²) < 4.78 is 13.6. The molecule has 0 bridgehead atoms. The Morgan fingerprint density at radius 2 is 0.735 bits per heavy atom. The molecule has 0 saturated carbocycles. The van der Waals surface area contributed by atoms with Gasteiger partial charge in [0.05, 0.1) is 27.2 Å². The molecule has 49 heavy (non-hydrogen) atoms. The van der Waals surface area contributed by atoms with Gasteiger partial charge >= 0.3 is 0 Å². The maximum Gasteiger partial charge on any atom is 0.130 e. The molecule has 0 aromatic carbocycles. The predicted molar refractivity (Wildman–Crippen MR) is 215 cm³/mol. The second kappa shape index (κ2) is 42.7. The first-order valence-corrected chi connectivity index (χ1v) is 22.3. The lowest BCUT2D eigenvalue weighted by Crippen LogP contribution is -3.00. The van der Waals surface area contributed by atoms with E-state index in [4.69, 9.17) is 15.2 Å². The molecule has 0 aliphatic heterocycles. The molecule has 0 fully saturated rings. The lowest BCUT2D eigenvalue weighted by Gasteiger charge is -2.33. The molecule has 0 aromatic rings. The van der Waals surface area contributed by atoms with Crippen LogP contribution in [0.4, 0.5) is 0 Å². The van der Waals surface area contributed by atoms with Crippen LogP contribution < -0.4 is 22.7 Å². The fourth-order valence-electron chi connectivity index (χ4n) is 7.18. The molecule has 0 spiro atoms. The van der Waals surface area contributed by atoms with Crippen LogP contribution in [-0.4, -0.2) is 64.1 Å². The van der Waals surface area contributed by atoms with E-state index in [2.05, 4.69) is 27.9 Å². The van der Waals surface area contributed by atoms with Crippen LogP contribution in [0.3, 0.4) is 0 Å². The van der Waals surface area contributed by atoms with Crippen molar-refractivity contribution in [1.82, 2.24) is 0 Å². The highest BCUT2D eigenvalue weighted by Crippen LogP contribution is 2.16. The topological polar surface area (TPSA) is 44.5 Å². The van der Waals surface area contributed by atoms with Crippen molar-refractivity contribution < 1.29 is 30.9 Å². The number of ether oxygens (including phenoxy) is 2. The Labute approximate surface area is 320 Å². The van der Waals surface area contributed by atoms with Gasteiger partial charge in [-0.2, -0.15) is 0 Å². The molecule has 0 aliphatic carbocycles. The van der Waals surface area contributed by atoms with Gasteiger partial charge in [-0.15, -0.1) is 0 Å². The van der Waals surface area contributed by atoms with E-state index in [1.165, 1.54) is 205 Å². The highest BCUT2D eigenvalue weighted by atomic mass is 79.9. The summed E-state index contributed by atoms with van der Waals surface area (Å²) in [6, 6.07) is 0. The zero-order valence-corrected chi connectivity index (χ0v) is 36.0. The number of halogens is 1. The predicted octanol–water partition coefficient (Wildman–Crippen LogP) is 10.3. The summed E-state index contributed by atoms with van der Waals surface area (Å²) in [5.74, 6) is 0. The molecule has 0 aromatic heterocycles. The Bertz CT molecular complexity index is 591. The quantitative estimate of drug-likeness (QED) is 0.0498. The molecule has 2 N–H and O–H groups in total. The molecule has 298 valence electrons. The average Bonchev–Trinajstić information content (AvgIpc) is 3.08. The third-order valence-electron chi connectivity index (χ3n) is 10.5. The Balaban J connectivity index is 0. The van der Waals surface area contributed by atoms with Crippen molar-refractivity contribution in [2.75, 3.05) is 53.6 Å². The van der Waals surface area contributed by atoms with Gasteiger partial charge in [0.1, 0.15) is 12.6 Å². The summed E-state index contributed by atoms with van der Waals surface area (Å²) in [5, 5.41) is 0. The van der Waals surface area contributed by atoms with Crippen molar-refractivity contribution in [3.63, 3.8) is 0 Å². The molecule has 0 saturated heterocycles. The summed E-state index contributed by atoms with van der Waals surface area (Å²) in [4.78, 5) is 0. The van der Waals surface area contributed by atoms with Gasteiger partial charge in [0.25, 0.3) is 0 Å². The molecule has 4 nitrogen and oxygen atoms in total. The molecule has 0 rings (SSSR count). The van der Waals surface area contributed by atoms with Crippen LogP contribution >= 0.6 is 0 Å². The van der Waals surface area contributed by atoms with Crippen molar-refractivity contribution in [3.05, 3.63) is 0 Å². The van der Waals surface area contributed by atoms with Gasteiger partial charge in [0, 0.05) is 19.6 Å². The highest BCUT2D eigenvalue weighted by Gasteiger charge is 2.22. The molecule has 0 amide bonds. The van der Waals surface area contributed by atoms with E-state index >= 15 is 0 Å². The number of hydrogen-bond acceptors (Lipinski definition) is 3. The summed E-state index contributed by atoms with van der Waals surface area (Å²) in [7, 11) is 4.63. The van der Waals surface area contributed by atoms with Gasteiger partial charge in [-0.25, -0.2) is 0 Å². The van der Waals surface area contributed by atoms with Crippen LogP contribution in [-0.2, 0) is 9.47 Å². The van der Waals surface area contributed by atoms with Crippen molar-refractivity contribution in [1.29, 1.82) is 0 Å². The van der Waals surface area contributed by atoms with Crippen molar-refractivity contribution in [2.24, 2.45) is 5.73 Å². The van der Waals surface area contributed by atoms with E-state index in [1.807, 2.05) is 0 Å². The van der Waals surface area contributed by atoms with Crippen LogP contribution in [0.5, 0.6) is 0 Å². The third kappa shape index (κ3) is 42.6. The summed E-state index contributed by atoms with van der Waals surface area (Å²) in [6.45, 7) is 9.99. The van der Waals surface area contributed by atoms with E-state index in [0.29, 0.717) is 0 Å². The van der Waals surface area contributed by atoms with Crippen LogP contribution in [0.2, 0.25) is 0 Å². The largest absolute Gasteiger partial charge is 1.00 e. The SMILES string of the molecule is CCCCCCCCCCCCCCCCCCOCC(C[N+](C)(C)CCCN)OCCCCCCCCCCCCCCCCCC.[Br-]. The smallest absolute Gasteiger partial charge is 0.130 e. The first kappa shape index (κ1) is 51.4. The molecular formula is C44H93BrN2O2. The van der Waals surface area contributed by atoms with Gasteiger partial charge < -0.3 is 36.7 Å². The molecule has 1 atom stereocenters. The summed E-state index contributed by atoms with van der Waals surface area (Å²) in [5.41, 5.74) is 5.82. The Kier molecular flexibility index (Phi) is 44.8. The van der Waals surface area contributed by atoms with Crippen molar-refractivity contribution in [3.8, 4) is 0 Å². The van der Waals surface area contributed by atoms with Crippen molar-refractivity contribution in [2.45, 2.75) is 232 Å². The van der Waals surface area contributed by atoms with E-state index in [0.717, 1.165) is 50.4 Å². The summed E-state index contributed by atoms with van der Waals surface area (Å²) in [6.07, 6.45) is 46.3. The molecule has 0 radical (unpaired) electrons. The molecule has 0 heterocycles. The number of unbranched alkanes of at least 4 members (excludes halogenated alkanes) is 30. The normalized spacial score (nSPS) is 12.4. The Hall–Kier alpha value is 0.320. The maximum atomic E-state index is 6.44. The number of nitrogens with zero attached hydrogens (tertiary/aromatic N) is 1. The summed E-state index contributed by atoms with van der Waals surface area (Å²) >= 11 is 0. The average molecular weight is 762 g/mol. The van der Waals surface area contributed by atoms with Gasteiger partial charge in [-0.05, 0) is 19.4 Å². The monoisotopic (exact) mass is 761 g/mol. The van der Waals surface area contributed by atoms with E-state index in [1.54, 1.807) is 0 Å². The molecule has 0 aliphatic rings. The molecular weight excluding hydrogens is 668 g/mol. The maximum absolute atomic E-state index is 6.44. The van der Waals surface area contributed by atoms with Gasteiger partial charge in [0.2, 0.25) is 0 Å². The second-order valence-electron chi connectivity index (χ2n) is 16.2. The number of quaternary nitrogens is 1. The molecule has 5 heteroatoms. The van der Waals surface area contributed by atoms with Gasteiger partial charge in [-0.1, -0.05) is 206 Å². The van der Waals surface area contributed by atoms with Crippen LogP contribution in [0.15, 0.2) is 0 Å².